The van der Waals surface area contributed by atoms with Crippen molar-refractivity contribution in [2.45, 2.75) is 40.7 Å². The highest BCUT2D eigenvalue weighted by molar-refractivity contribution is 9.10. The molecular weight excluding hydrogens is 556 g/mol. The summed E-state index contributed by atoms with van der Waals surface area (Å²) >= 11 is 4.85. The van der Waals surface area contributed by atoms with Gasteiger partial charge in [-0.1, -0.05) is 41.2 Å². The Morgan fingerprint density at radius 1 is 1.08 bits per heavy atom. The molecule has 0 unspecified atom stereocenters. The Kier molecular flexibility index (Phi) is 8.34. The summed E-state index contributed by atoms with van der Waals surface area (Å²) in [4.78, 5) is 32.0. The number of benzene rings is 2. The highest BCUT2D eigenvalue weighted by atomic mass is 79.9. The van der Waals surface area contributed by atoms with Crippen molar-refractivity contribution in [3.05, 3.63) is 88.5 Å². The van der Waals surface area contributed by atoms with Gasteiger partial charge in [-0.05, 0) is 79.9 Å². The van der Waals surface area contributed by atoms with Crippen LogP contribution >= 0.6 is 27.3 Å². The lowest BCUT2D eigenvalue weighted by molar-refractivity contribution is -0.139. The fourth-order valence-electron chi connectivity index (χ4n) is 4.23. The minimum Gasteiger partial charge on any atom is -0.490 e. The first kappa shape index (κ1) is 26.9. The molecule has 0 bridgehead atoms. The maximum atomic E-state index is 13.8. The van der Waals surface area contributed by atoms with Crippen molar-refractivity contribution >= 4 is 39.3 Å². The van der Waals surface area contributed by atoms with Crippen molar-refractivity contribution in [2.24, 2.45) is 4.99 Å². The molecule has 4 rings (SSSR count). The average molecular weight is 586 g/mol. The standard InChI is InChI=1S/C28H29BrN2O5S/c1-6-34-21-14-18(13-20(29)25(21)35-7-2)15-22-26(32)31-24(19-11-9-16(4)10-12-19)23(27(33)36-8-3)17(5)30-28(31)37-22/h9-15,24H,6-8H2,1-5H3/b22-15-/t24-/m0/s1. The quantitative estimate of drug-likeness (QED) is 0.360. The lowest BCUT2D eigenvalue weighted by Gasteiger charge is -2.24. The second-order valence-electron chi connectivity index (χ2n) is 8.41. The molecule has 0 fully saturated rings. The van der Waals surface area contributed by atoms with Crippen LogP contribution in [0.15, 0.2) is 61.9 Å². The minimum absolute atomic E-state index is 0.230. The predicted molar refractivity (Wildman–Crippen MR) is 148 cm³/mol. The van der Waals surface area contributed by atoms with E-state index < -0.39 is 12.0 Å². The van der Waals surface area contributed by atoms with E-state index in [1.165, 1.54) is 11.3 Å². The molecule has 1 aliphatic heterocycles. The molecule has 2 heterocycles. The first-order chi connectivity index (χ1) is 17.8. The molecule has 37 heavy (non-hydrogen) atoms. The summed E-state index contributed by atoms with van der Waals surface area (Å²) in [5, 5.41) is 0. The Balaban J connectivity index is 1.91. The van der Waals surface area contributed by atoms with Crippen molar-refractivity contribution in [3.8, 4) is 11.5 Å². The van der Waals surface area contributed by atoms with Gasteiger partial charge < -0.3 is 14.2 Å². The first-order valence-electron chi connectivity index (χ1n) is 12.1. The fourth-order valence-corrected chi connectivity index (χ4v) is 5.85. The number of hydrogen-bond acceptors (Lipinski definition) is 7. The largest absolute Gasteiger partial charge is 0.490 e. The Morgan fingerprint density at radius 2 is 1.78 bits per heavy atom. The molecule has 0 spiro atoms. The summed E-state index contributed by atoms with van der Waals surface area (Å²) in [5.74, 6) is 0.744. The summed E-state index contributed by atoms with van der Waals surface area (Å²) in [5.41, 5.74) is 3.36. The van der Waals surface area contributed by atoms with Gasteiger partial charge in [-0.3, -0.25) is 9.36 Å². The van der Waals surface area contributed by atoms with E-state index >= 15 is 0 Å². The van der Waals surface area contributed by atoms with Gasteiger partial charge in [-0.2, -0.15) is 0 Å². The maximum Gasteiger partial charge on any atom is 0.338 e. The number of halogens is 1. The molecule has 1 aliphatic rings. The topological polar surface area (TPSA) is 79.1 Å². The molecule has 0 N–H and O–H groups in total. The highest BCUT2D eigenvalue weighted by Crippen LogP contribution is 2.37. The van der Waals surface area contributed by atoms with Crippen LogP contribution in [-0.4, -0.2) is 30.4 Å². The van der Waals surface area contributed by atoms with Gasteiger partial charge in [0.05, 0.1) is 46.1 Å². The Bertz CT molecular complexity index is 1540. The number of fused-ring (bicyclic) bond motifs is 1. The Morgan fingerprint density at radius 3 is 2.43 bits per heavy atom. The van der Waals surface area contributed by atoms with Crippen LogP contribution in [0.5, 0.6) is 11.5 Å². The van der Waals surface area contributed by atoms with Gasteiger partial charge in [0.25, 0.3) is 5.56 Å². The Hall–Kier alpha value is -3.17. The number of carbonyl (C=O) groups is 1. The zero-order chi connectivity index (χ0) is 26.7. The van der Waals surface area contributed by atoms with Crippen molar-refractivity contribution in [3.63, 3.8) is 0 Å². The maximum absolute atomic E-state index is 13.8. The van der Waals surface area contributed by atoms with E-state index in [9.17, 15) is 9.59 Å². The molecule has 3 aromatic rings. The van der Waals surface area contributed by atoms with Crippen LogP contribution in [0.1, 0.15) is 50.4 Å². The number of nitrogens with zero attached hydrogens (tertiary/aromatic N) is 2. The minimum atomic E-state index is -0.635. The molecular formula is C28H29BrN2O5S. The number of thiazole rings is 1. The predicted octanol–water partition coefficient (Wildman–Crippen LogP) is 4.67. The lowest BCUT2D eigenvalue weighted by Crippen LogP contribution is -2.39. The summed E-state index contributed by atoms with van der Waals surface area (Å²) in [6.07, 6.45) is 1.81. The zero-order valence-electron chi connectivity index (χ0n) is 21.5. The third-order valence-corrected chi connectivity index (χ3v) is 7.40. The van der Waals surface area contributed by atoms with Crippen LogP contribution in [0.2, 0.25) is 0 Å². The van der Waals surface area contributed by atoms with E-state index in [1.807, 2.05) is 63.2 Å². The smallest absolute Gasteiger partial charge is 0.338 e. The summed E-state index contributed by atoms with van der Waals surface area (Å²) in [6.45, 7) is 10.6. The van der Waals surface area contributed by atoms with Crippen LogP contribution in [-0.2, 0) is 9.53 Å². The number of ether oxygens (including phenoxy) is 3. The van der Waals surface area contributed by atoms with E-state index in [0.29, 0.717) is 45.3 Å². The van der Waals surface area contributed by atoms with Gasteiger partial charge >= 0.3 is 5.97 Å². The SMILES string of the molecule is CCOC(=O)C1=C(C)N=c2s/c(=C\c3cc(Br)c(OCC)c(OCC)c3)c(=O)n2[C@H]1c1ccc(C)cc1. The number of carbonyl (C=O) groups excluding carboxylic acids is 1. The molecule has 1 aromatic heterocycles. The van der Waals surface area contributed by atoms with Crippen LogP contribution < -0.4 is 24.4 Å². The molecule has 7 nitrogen and oxygen atoms in total. The molecule has 194 valence electrons. The molecule has 0 radical (unpaired) electrons. The third kappa shape index (κ3) is 5.43. The van der Waals surface area contributed by atoms with E-state index in [-0.39, 0.29) is 12.2 Å². The van der Waals surface area contributed by atoms with E-state index in [4.69, 9.17) is 14.2 Å². The molecule has 9 heteroatoms. The molecule has 0 saturated carbocycles. The van der Waals surface area contributed by atoms with Crippen molar-refractivity contribution in [1.82, 2.24) is 4.57 Å². The van der Waals surface area contributed by atoms with Crippen LogP contribution in [0, 0.1) is 6.92 Å². The van der Waals surface area contributed by atoms with E-state index in [1.54, 1.807) is 18.4 Å². The Labute approximate surface area is 227 Å². The zero-order valence-corrected chi connectivity index (χ0v) is 23.9. The van der Waals surface area contributed by atoms with Gasteiger partial charge in [0.1, 0.15) is 0 Å². The summed E-state index contributed by atoms with van der Waals surface area (Å²) in [6, 6.07) is 10.9. The van der Waals surface area contributed by atoms with Gasteiger partial charge in [-0.25, -0.2) is 9.79 Å². The number of rotatable bonds is 8. The van der Waals surface area contributed by atoms with Crippen molar-refractivity contribution < 1.29 is 19.0 Å². The normalized spacial score (nSPS) is 15.3. The number of esters is 1. The van der Waals surface area contributed by atoms with Crippen LogP contribution in [0.3, 0.4) is 0 Å². The third-order valence-electron chi connectivity index (χ3n) is 5.83. The van der Waals surface area contributed by atoms with E-state index in [2.05, 4.69) is 20.9 Å². The van der Waals surface area contributed by atoms with Crippen LogP contribution in [0.4, 0.5) is 0 Å². The number of allylic oxidation sites excluding steroid dienone is 1. The van der Waals surface area contributed by atoms with Crippen molar-refractivity contribution in [1.29, 1.82) is 0 Å². The van der Waals surface area contributed by atoms with Gasteiger partial charge in [0.15, 0.2) is 16.3 Å². The van der Waals surface area contributed by atoms with Gasteiger partial charge in [0.2, 0.25) is 0 Å². The number of hydrogen-bond donors (Lipinski definition) is 0. The average Bonchev–Trinajstić information content (AvgIpc) is 3.15. The second-order valence-corrected chi connectivity index (χ2v) is 10.3. The van der Waals surface area contributed by atoms with Crippen LogP contribution in [0.25, 0.3) is 6.08 Å². The van der Waals surface area contributed by atoms with Gasteiger partial charge in [0, 0.05) is 0 Å². The fraction of sp³-hybridized carbons (Fsp3) is 0.321. The molecule has 0 amide bonds. The monoisotopic (exact) mass is 584 g/mol. The lowest BCUT2D eigenvalue weighted by atomic mass is 9.95. The molecule has 0 saturated heterocycles. The number of aromatic nitrogens is 1. The van der Waals surface area contributed by atoms with E-state index in [0.717, 1.165) is 21.2 Å². The van der Waals surface area contributed by atoms with Gasteiger partial charge in [-0.15, -0.1) is 0 Å². The summed E-state index contributed by atoms with van der Waals surface area (Å²) < 4.78 is 19.7. The van der Waals surface area contributed by atoms with Crippen molar-refractivity contribution in [2.75, 3.05) is 19.8 Å². The second kappa shape index (κ2) is 11.5. The highest BCUT2D eigenvalue weighted by Gasteiger charge is 2.33. The number of aryl methyl sites for hydroxylation is 1. The molecule has 2 aromatic carbocycles. The first-order valence-corrected chi connectivity index (χ1v) is 13.7. The molecule has 0 aliphatic carbocycles. The summed E-state index contributed by atoms with van der Waals surface area (Å²) in [7, 11) is 0. The molecule has 1 atom stereocenters.